The van der Waals surface area contributed by atoms with E-state index in [1.54, 1.807) is 37.3 Å². The molecule has 1 heterocycles. The number of hydrogen-bond donors (Lipinski definition) is 1. The molecule has 0 saturated heterocycles. The number of aromatic nitrogens is 1. The van der Waals surface area contributed by atoms with Crippen LogP contribution in [0.1, 0.15) is 17.3 Å². The number of sulfone groups is 1. The van der Waals surface area contributed by atoms with Crippen molar-refractivity contribution in [1.82, 2.24) is 4.98 Å². The monoisotopic (exact) mass is 424 g/mol. The molecular formula is C22H17FN2O4S. The topological polar surface area (TPSA) is 89.3 Å². The highest BCUT2D eigenvalue weighted by Gasteiger charge is 2.15. The Kier molecular flexibility index (Phi) is 5.09. The molecule has 0 radical (unpaired) electrons. The number of nitrogens with one attached hydrogen (secondary N) is 1. The molecule has 0 unspecified atom stereocenters. The first-order chi connectivity index (χ1) is 14.4. The van der Waals surface area contributed by atoms with Gasteiger partial charge in [0.1, 0.15) is 11.3 Å². The molecule has 0 spiro atoms. The molecule has 0 atom stereocenters. The van der Waals surface area contributed by atoms with E-state index in [2.05, 4.69) is 10.3 Å². The van der Waals surface area contributed by atoms with Gasteiger partial charge < -0.3 is 9.73 Å². The number of amides is 1. The number of anilines is 1. The summed E-state index contributed by atoms with van der Waals surface area (Å²) in [6.45, 7) is 1.59. The van der Waals surface area contributed by atoms with E-state index in [1.807, 2.05) is 0 Å². The van der Waals surface area contributed by atoms with E-state index in [0.717, 1.165) is 0 Å². The maximum Gasteiger partial charge on any atom is 0.255 e. The first-order valence-electron chi connectivity index (χ1n) is 9.16. The number of carbonyl (C=O) groups is 1. The minimum absolute atomic E-state index is 0.00825. The van der Waals surface area contributed by atoms with Gasteiger partial charge in [-0.3, -0.25) is 4.79 Å². The Balaban J connectivity index is 1.55. The number of oxazole rings is 1. The number of nitrogens with zero attached hydrogens (tertiary/aromatic N) is 1. The minimum atomic E-state index is -3.33. The summed E-state index contributed by atoms with van der Waals surface area (Å²) in [6, 6.07) is 16.7. The highest BCUT2D eigenvalue weighted by molar-refractivity contribution is 7.91. The molecule has 4 aromatic rings. The molecule has 0 aliphatic heterocycles. The van der Waals surface area contributed by atoms with Crippen molar-refractivity contribution in [2.75, 3.05) is 11.1 Å². The number of benzene rings is 3. The van der Waals surface area contributed by atoms with Gasteiger partial charge in [0.05, 0.1) is 10.6 Å². The fourth-order valence-corrected chi connectivity index (χ4v) is 3.79. The first-order valence-corrected chi connectivity index (χ1v) is 10.8. The van der Waals surface area contributed by atoms with Crippen molar-refractivity contribution in [3.05, 3.63) is 78.1 Å². The van der Waals surface area contributed by atoms with Crippen LogP contribution in [0.2, 0.25) is 0 Å². The fourth-order valence-electron chi connectivity index (χ4n) is 2.89. The van der Waals surface area contributed by atoms with E-state index < -0.39 is 15.7 Å². The van der Waals surface area contributed by atoms with Gasteiger partial charge in [0.25, 0.3) is 5.91 Å². The number of hydrogen-bond acceptors (Lipinski definition) is 5. The second-order valence-corrected chi connectivity index (χ2v) is 8.87. The predicted molar refractivity (Wildman–Crippen MR) is 112 cm³/mol. The summed E-state index contributed by atoms with van der Waals surface area (Å²) in [5.41, 5.74) is 2.51. The zero-order valence-electron chi connectivity index (χ0n) is 15.9. The molecule has 1 N–H and O–H groups in total. The fraction of sp³-hybridized carbons (Fsp3) is 0.0909. The van der Waals surface area contributed by atoms with Gasteiger partial charge in [0.2, 0.25) is 5.89 Å². The van der Waals surface area contributed by atoms with Gasteiger partial charge in [-0.15, -0.1) is 0 Å². The van der Waals surface area contributed by atoms with Crippen LogP contribution in [0.25, 0.3) is 22.6 Å². The van der Waals surface area contributed by atoms with Gasteiger partial charge in [-0.05, 0) is 66.7 Å². The SMILES string of the molecule is CCS(=O)(=O)c1ccc2oc(-c3ccc(NC(=O)c4ccc(F)cc4)cc3)nc2c1. The van der Waals surface area contributed by atoms with Gasteiger partial charge in [0, 0.05) is 16.8 Å². The Morgan fingerprint density at radius 1 is 1.03 bits per heavy atom. The Bertz CT molecular complexity index is 1330. The highest BCUT2D eigenvalue weighted by atomic mass is 32.2. The van der Waals surface area contributed by atoms with E-state index in [4.69, 9.17) is 4.42 Å². The first kappa shape index (κ1) is 19.8. The molecule has 0 fully saturated rings. The van der Waals surface area contributed by atoms with Gasteiger partial charge in [0.15, 0.2) is 15.4 Å². The minimum Gasteiger partial charge on any atom is -0.436 e. The second kappa shape index (κ2) is 7.72. The molecule has 0 aliphatic rings. The molecule has 30 heavy (non-hydrogen) atoms. The average molecular weight is 424 g/mol. The van der Waals surface area contributed by atoms with Crippen molar-refractivity contribution in [2.45, 2.75) is 11.8 Å². The molecule has 6 nitrogen and oxygen atoms in total. The molecule has 3 aromatic carbocycles. The van der Waals surface area contributed by atoms with Gasteiger partial charge in [-0.2, -0.15) is 0 Å². The maximum absolute atomic E-state index is 13.0. The molecule has 0 aliphatic carbocycles. The van der Waals surface area contributed by atoms with Crippen molar-refractivity contribution in [2.24, 2.45) is 0 Å². The Morgan fingerprint density at radius 2 is 1.73 bits per heavy atom. The van der Waals surface area contributed by atoms with Crippen LogP contribution in [0, 0.1) is 5.82 Å². The van der Waals surface area contributed by atoms with E-state index in [-0.39, 0.29) is 16.6 Å². The molecule has 1 aromatic heterocycles. The lowest BCUT2D eigenvalue weighted by Crippen LogP contribution is -2.11. The van der Waals surface area contributed by atoms with Crippen molar-refractivity contribution >= 4 is 32.5 Å². The van der Waals surface area contributed by atoms with Crippen LogP contribution < -0.4 is 5.32 Å². The molecule has 1 amide bonds. The van der Waals surface area contributed by atoms with Gasteiger partial charge in [-0.1, -0.05) is 6.92 Å². The summed E-state index contributed by atoms with van der Waals surface area (Å²) >= 11 is 0. The summed E-state index contributed by atoms with van der Waals surface area (Å²) in [7, 11) is -3.33. The normalized spacial score (nSPS) is 11.5. The molecular weight excluding hydrogens is 407 g/mol. The quantitative estimate of drug-likeness (QED) is 0.502. The molecule has 0 bridgehead atoms. The number of fused-ring (bicyclic) bond motifs is 1. The molecule has 152 valence electrons. The van der Waals surface area contributed by atoms with E-state index >= 15 is 0 Å². The predicted octanol–water partition coefficient (Wildman–Crippen LogP) is 4.68. The highest BCUT2D eigenvalue weighted by Crippen LogP contribution is 2.27. The second-order valence-electron chi connectivity index (χ2n) is 6.59. The third kappa shape index (κ3) is 3.95. The van der Waals surface area contributed by atoms with Crippen molar-refractivity contribution in [1.29, 1.82) is 0 Å². The van der Waals surface area contributed by atoms with Gasteiger partial charge >= 0.3 is 0 Å². The third-order valence-electron chi connectivity index (χ3n) is 4.59. The zero-order valence-corrected chi connectivity index (χ0v) is 16.7. The smallest absolute Gasteiger partial charge is 0.255 e. The lowest BCUT2D eigenvalue weighted by Gasteiger charge is -2.05. The summed E-state index contributed by atoms with van der Waals surface area (Å²) in [6.07, 6.45) is 0. The van der Waals surface area contributed by atoms with Crippen LogP contribution in [0.4, 0.5) is 10.1 Å². The van der Waals surface area contributed by atoms with Crippen LogP contribution in [-0.4, -0.2) is 25.1 Å². The standard InChI is InChI=1S/C22H17FN2O4S/c1-2-30(27,28)18-11-12-20-19(13-18)25-22(29-20)15-5-9-17(10-6-15)24-21(26)14-3-7-16(23)8-4-14/h3-13H,2H2,1H3,(H,24,26). The lowest BCUT2D eigenvalue weighted by molar-refractivity contribution is 0.102. The van der Waals surface area contributed by atoms with Crippen LogP contribution >= 0.6 is 0 Å². The Morgan fingerprint density at radius 3 is 2.40 bits per heavy atom. The van der Waals surface area contributed by atoms with Crippen LogP contribution in [0.5, 0.6) is 0 Å². The number of rotatable bonds is 5. The summed E-state index contributed by atoms with van der Waals surface area (Å²) in [5, 5.41) is 2.73. The van der Waals surface area contributed by atoms with Crippen LogP contribution in [0.3, 0.4) is 0 Å². The third-order valence-corrected chi connectivity index (χ3v) is 6.33. The average Bonchev–Trinajstić information content (AvgIpc) is 3.18. The van der Waals surface area contributed by atoms with Gasteiger partial charge in [-0.25, -0.2) is 17.8 Å². The van der Waals surface area contributed by atoms with Crippen molar-refractivity contribution < 1.29 is 22.0 Å². The molecule has 4 rings (SSSR count). The van der Waals surface area contributed by atoms with Crippen molar-refractivity contribution in [3.8, 4) is 11.5 Å². The lowest BCUT2D eigenvalue weighted by atomic mass is 10.2. The Labute approximate surface area is 172 Å². The van der Waals surface area contributed by atoms with Crippen LogP contribution in [-0.2, 0) is 9.84 Å². The van der Waals surface area contributed by atoms with E-state index in [0.29, 0.717) is 33.8 Å². The molecule has 0 saturated carbocycles. The molecule has 8 heteroatoms. The van der Waals surface area contributed by atoms with Crippen molar-refractivity contribution in [3.63, 3.8) is 0 Å². The maximum atomic E-state index is 13.0. The van der Waals surface area contributed by atoms with E-state index in [1.165, 1.54) is 36.4 Å². The summed E-state index contributed by atoms with van der Waals surface area (Å²) in [5.74, 6) is -0.413. The zero-order chi connectivity index (χ0) is 21.3. The number of carbonyl (C=O) groups excluding carboxylic acids is 1. The summed E-state index contributed by atoms with van der Waals surface area (Å²) in [4.78, 5) is 16.8. The van der Waals surface area contributed by atoms with E-state index in [9.17, 15) is 17.6 Å². The number of halogens is 1. The Hall–Kier alpha value is -3.52. The summed E-state index contributed by atoms with van der Waals surface area (Å²) < 4.78 is 42.8. The largest absolute Gasteiger partial charge is 0.436 e. The van der Waals surface area contributed by atoms with Crippen LogP contribution in [0.15, 0.2) is 76.0 Å².